The molecule has 0 N–H and O–H groups in total. The number of thioether (sulfide) groups is 1. The van der Waals surface area contributed by atoms with Crippen LogP contribution < -0.4 is 18.9 Å². The summed E-state index contributed by atoms with van der Waals surface area (Å²) >= 11 is 3.66. The Morgan fingerprint density at radius 2 is 2.40 bits per heavy atom. The minimum Gasteiger partial charge on any atom is -0.364 e. The molecule has 48 valence electrons. The van der Waals surface area contributed by atoms with E-state index in [1.165, 1.54) is 11.8 Å². The first-order chi connectivity index (χ1) is 4.33. The molecule has 1 heterocycles. The van der Waals surface area contributed by atoms with Crippen molar-refractivity contribution in [3.63, 3.8) is 0 Å². The maximum absolute atomic E-state index is 4.10. The largest absolute Gasteiger partial charge is 1.00 e. The first-order valence-electron chi connectivity index (χ1n) is 2.27. The molecule has 0 aliphatic heterocycles. The predicted molar refractivity (Wildman–Crippen MR) is 45.4 cm³/mol. The normalized spacial score (nSPS) is 8.60. The zero-order valence-corrected chi connectivity index (χ0v) is 8.73. The second kappa shape index (κ2) is 5.41. The number of rotatable bonds is 1. The minimum atomic E-state index is 0. The monoisotopic (exact) mass is 258 g/mol. The summed E-state index contributed by atoms with van der Waals surface area (Å²) in [6.07, 6.45) is 4.68. The Kier molecular flexibility index (Phi) is 5.82. The zero-order chi connectivity index (χ0) is 6.69. The summed E-state index contributed by atoms with van der Waals surface area (Å²) in [6, 6.07) is 1.75. The van der Waals surface area contributed by atoms with Crippen LogP contribution in [-0.2, 0) is 0 Å². The van der Waals surface area contributed by atoms with Crippen LogP contribution in [-0.4, -0.2) is 16.2 Å². The number of halogens is 1. The Hall–Kier alpha value is 0.757. The molecule has 0 unspecified atom stereocenters. The van der Waals surface area contributed by atoms with E-state index in [4.69, 9.17) is 0 Å². The molecule has 0 bridgehead atoms. The fourth-order valence-corrected chi connectivity index (χ4v) is 1.25. The van der Waals surface area contributed by atoms with Crippen molar-refractivity contribution in [3.05, 3.63) is 16.0 Å². The Morgan fingerprint density at radius 3 is 2.80 bits per heavy atom. The van der Waals surface area contributed by atoms with Gasteiger partial charge in [0.2, 0.25) is 0 Å². The number of hydrogen-bond donors (Lipinski definition) is 0. The number of hydrogen-bond acceptors (Lipinski definition) is 3. The summed E-state index contributed by atoms with van der Waals surface area (Å²) in [7, 11) is 0. The third-order valence-corrected chi connectivity index (χ3v) is 1.83. The molecule has 0 amide bonds. The molecule has 0 saturated heterocycles. The van der Waals surface area contributed by atoms with Crippen molar-refractivity contribution >= 4 is 34.4 Å². The molecule has 0 spiro atoms. The molecule has 5 heteroatoms. The van der Waals surface area contributed by atoms with E-state index in [2.05, 4.69) is 38.8 Å². The second-order valence-electron chi connectivity index (χ2n) is 1.31. The van der Waals surface area contributed by atoms with Gasteiger partial charge >= 0.3 is 18.9 Å². The average molecular weight is 258 g/mol. The topological polar surface area (TPSA) is 25.8 Å². The molecule has 1 aromatic heterocycles. The van der Waals surface area contributed by atoms with Gasteiger partial charge in [0.15, 0.2) is 0 Å². The zero-order valence-electron chi connectivity index (χ0n) is 5.76. The minimum absolute atomic E-state index is 0. The van der Waals surface area contributed by atoms with Crippen molar-refractivity contribution in [1.82, 2.24) is 9.97 Å². The second-order valence-corrected chi connectivity index (χ2v) is 3.19. The molecular weight excluding hydrogens is 254 g/mol. The summed E-state index contributed by atoms with van der Waals surface area (Å²) in [4.78, 5) is 7.98. The van der Waals surface area contributed by atoms with Gasteiger partial charge in [-0.3, -0.25) is 0 Å². The van der Waals surface area contributed by atoms with Crippen LogP contribution in [0.3, 0.4) is 0 Å². The first-order valence-corrected chi connectivity index (χ1v) is 4.58. The van der Waals surface area contributed by atoms with Crippen LogP contribution in [0, 0.1) is 9.90 Å². The van der Waals surface area contributed by atoms with Crippen molar-refractivity contribution in [3.8, 4) is 0 Å². The molecule has 0 aliphatic carbocycles. The maximum Gasteiger partial charge on any atom is 1.00 e. The summed E-state index contributed by atoms with van der Waals surface area (Å²) in [6.45, 7) is 0. The molecule has 1 aromatic rings. The van der Waals surface area contributed by atoms with Gasteiger partial charge < -0.3 is 9.97 Å². The first kappa shape index (κ1) is 10.8. The van der Waals surface area contributed by atoms with Crippen molar-refractivity contribution in [1.29, 1.82) is 0 Å². The van der Waals surface area contributed by atoms with Crippen molar-refractivity contribution < 1.29 is 18.9 Å². The van der Waals surface area contributed by atoms with Crippen LogP contribution >= 0.6 is 34.4 Å². The van der Waals surface area contributed by atoms with E-state index in [0.29, 0.717) is 0 Å². The molecule has 10 heavy (non-hydrogen) atoms. The third kappa shape index (κ3) is 3.24. The summed E-state index contributed by atoms with van der Waals surface area (Å²) < 4.78 is 0.937. The van der Waals surface area contributed by atoms with Crippen LogP contribution in [0.2, 0.25) is 0 Å². The van der Waals surface area contributed by atoms with E-state index in [-0.39, 0.29) is 18.9 Å². The van der Waals surface area contributed by atoms with Crippen LogP contribution in [0.25, 0.3) is 0 Å². The van der Waals surface area contributed by atoms with E-state index < -0.39 is 0 Å². The number of aromatic nitrogens is 2. The summed E-state index contributed by atoms with van der Waals surface area (Å²) in [5.74, 6) is 0. The van der Waals surface area contributed by atoms with E-state index >= 15 is 0 Å². The molecule has 0 saturated carbocycles. The Labute approximate surface area is 89.9 Å². The number of nitrogens with zero attached hydrogens (tertiary/aromatic N) is 2. The smallest absolute Gasteiger partial charge is 0.364 e. The van der Waals surface area contributed by atoms with Crippen molar-refractivity contribution in [2.24, 2.45) is 0 Å². The van der Waals surface area contributed by atoms with Crippen LogP contribution in [0.4, 0.5) is 0 Å². The molecule has 1 rings (SSSR count). The average Bonchev–Trinajstić information content (AvgIpc) is 1.88. The van der Waals surface area contributed by atoms with Gasteiger partial charge in [-0.2, -0.15) is 11.8 Å². The van der Waals surface area contributed by atoms with Gasteiger partial charge in [0, 0.05) is 0 Å². The molecule has 0 radical (unpaired) electrons. The summed E-state index contributed by atoms with van der Waals surface area (Å²) in [5, 5.41) is 0.780. The summed E-state index contributed by atoms with van der Waals surface area (Å²) in [5.41, 5.74) is 0. The Bertz CT molecular complexity index is 209. The van der Waals surface area contributed by atoms with Gasteiger partial charge in [0.25, 0.3) is 0 Å². The Balaban J connectivity index is 0.000000810. The van der Waals surface area contributed by atoms with E-state index in [1.54, 1.807) is 6.07 Å². The van der Waals surface area contributed by atoms with Crippen LogP contribution in [0.15, 0.2) is 11.2 Å². The van der Waals surface area contributed by atoms with Gasteiger partial charge in [-0.1, -0.05) is 6.20 Å². The predicted octanol–water partition coefficient (Wildman–Crippen LogP) is -1.39. The van der Waals surface area contributed by atoms with E-state index in [1.807, 2.05) is 6.26 Å². The molecule has 0 aromatic carbocycles. The van der Waals surface area contributed by atoms with Gasteiger partial charge in [-0.25, -0.2) is 0 Å². The maximum atomic E-state index is 4.10. The fraction of sp³-hybridized carbons (Fsp3) is 0.200. The standard InChI is InChI=1S/C5H4IN2S.Li/c1-9-5-7-3-2-4(6)8-5;/h2H,1H3;/q-1;+1. The molecule has 0 aliphatic rings. The fourth-order valence-electron chi connectivity index (χ4n) is 0.381. The third-order valence-electron chi connectivity index (χ3n) is 0.729. The molecule has 2 nitrogen and oxygen atoms in total. The SMILES string of the molecule is CSc1n[c-]cc(I)n1.[Li+]. The van der Waals surface area contributed by atoms with Crippen molar-refractivity contribution in [2.75, 3.05) is 6.26 Å². The van der Waals surface area contributed by atoms with E-state index in [0.717, 1.165) is 8.86 Å². The van der Waals surface area contributed by atoms with E-state index in [9.17, 15) is 0 Å². The van der Waals surface area contributed by atoms with Gasteiger partial charge in [0.05, 0.1) is 5.16 Å². The van der Waals surface area contributed by atoms with Gasteiger partial charge in [0.1, 0.15) is 0 Å². The van der Waals surface area contributed by atoms with Crippen LogP contribution in [0.5, 0.6) is 0 Å². The molecule has 0 atom stereocenters. The molecular formula is C5H4ILiN2S. The van der Waals surface area contributed by atoms with Gasteiger partial charge in [-0.15, -0.1) is 28.7 Å². The molecule has 0 fully saturated rings. The Morgan fingerprint density at radius 1 is 1.70 bits per heavy atom. The van der Waals surface area contributed by atoms with Crippen molar-refractivity contribution in [2.45, 2.75) is 5.16 Å². The van der Waals surface area contributed by atoms with Crippen LogP contribution in [0.1, 0.15) is 0 Å². The van der Waals surface area contributed by atoms with Gasteiger partial charge in [-0.05, 0) is 9.96 Å². The quantitative estimate of drug-likeness (QED) is 0.155.